The topological polar surface area (TPSA) is 47.6 Å². The van der Waals surface area contributed by atoms with E-state index in [2.05, 4.69) is 37.2 Å². The van der Waals surface area contributed by atoms with Gasteiger partial charge < -0.3 is 14.8 Å². The van der Waals surface area contributed by atoms with Gasteiger partial charge in [-0.25, -0.2) is 0 Å². The zero-order chi connectivity index (χ0) is 14.1. The third kappa shape index (κ3) is 2.84. The summed E-state index contributed by atoms with van der Waals surface area (Å²) < 4.78 is 12.7. The number of anilines is 1. The molecule has 0 fully saturated rings. The van der Waals surface area contributed by atoms with E-state index in [1.165, 1.54) is 11.3 Å². The molecule has 0 atom stereocenters. The number of halogens is 2. The van der Waals surface area contributed by atoms with E-state index >= 15 is 0 Å². The first-order chi connectivity index (χ1) is 9.63. The molecule has 1 amide bonds. The molecule has 2 aromatic rings. The Balaban J connectivity index is 1.79. The summed E-state index contributed by atoms with van der Waals surface area (Å²) in [4.78, 5) is 12.8. The summed E-state index contributed by atoms with van der Waals surface area (Å²) in [6.07, 6.45) is 0. The van der Waals surface area contributed by atoms with Gasteiger partial charge in [0, 0.05) is 16.2 Å². The van der Waals surface area contributed by atoms with Gasteiger partial charge >= 0.3 is 0 Å². The van der Waals surface area contributed by atoms with E-state index in [4.69, 9.17) is 9.47 Å². The number of rotatable bonds is 2. The van der Waals surface area contributed by atoms with E-state index in [0.29, 0.717) is 35.3 Å². The molecule has 1 N–H and O–H groups in total. The molecule has 2 heterocycles. The average molecular weight is 419 g/mol. The van der Waals surface area contributed by atoms with E-state index in [1.54, 1.807) is 24.3 Å². The lowest BCUT2D eigenvalue weighted by Crippen LogP contribution is -2.16. The van der Waals surface area contributed by atoms with Crippen LogP contribution in [0.15, 0.2) is 32.5 Å². The van der Waals surface area contributed by atoms with Crippen LogP contribution in [0.1, 0.15) is 9.67 Å². The molecule has 1 aromatic heterocycles. The normalized spacial score (nSPS) is 13.1. The Morgan fingerprint density at radius 2 is 1.90 bits per heavy atom. The third-order valence-corrected chi connectivity index (χ3v) is 5.92. The maximum absolute atomic E-state index is 12.1. The Bertz CT molecular complexity index is 652. The lowest BCUT2D eigenvalue weighted by atomic mass is 10.2. The van der Waals surface area contributed by atoms with Crippen LogP contribution in [-0.2, 0) is 0 Å². The lowest BCUT2D eigenvalue weighted by Gasteiger charge is -2.18. The van der Waals surface area contributed by atoms with Crippen molar-refractivity contribution in [3.05, 3.63) is 37.4 Å². The number of hydrogen-bond acceptors (Lipinski definition) is 4. The molecular formula is C13H9Br2NO3S. The van der Waals surface area contributed by atoms with Crippen LogP contribution in [0.2, 0.25) is 0 Å². The van der Waals surface area contributed by atoms with Crippen LogP contribution in [0.5, 0.6) is 11.5 Å². The van der Waals surface area contributed by atoms with Gasteiger partial charge in [-0.2, -0.15) is 0 Å². The molecule has 1 aliphatic heterocycles. The number of amides is 1. The fraction of sp³-hybridized carbons (Fsp3) is 0.154. The standard InChI is InChI=1S/C13H9Br2NO3S/c14-8-6-11(20-12(8)15)13(17)16-7-1-2-9-10(5-7)19-4-3-18-9/h1-2,5-6H,3-4H2,(H,16,17). The summed E-state index contributed by atoms with van der Waals surface area (Å²) in [7, 11) is 0. The van der Waals surface area contributed by atoms with E-state index in [1.807, 2.05) is 0 Å². The van der Waals surface area contributed by atoms with Crippen molar-refractivity contribution in [2.45, 2.75) is 0 Å². The van der Waals surface area contributed by atoms with Crippen molar-refractivity contribution in [3.8, 4) is 11.5 Å². The van der Waals surface area contributed by atoms with Crippen LogP contribution in [0, 0.1) is 0 Å². The van der Waals surface area contributed by atoms with Crippen LogP contribution in [-0.4, -0.2) is 19.1 Å². The van der Waals surface area contributed by atoms with E-state index < -0.39 is 0 Å². The number of thiophene rings is 1. The van der Waals surface area contributed by atoms with Gasteiger partial charge in [0.25, 0.3) is 5.91 Å². The molecule has 1 aromatic carbocycles. The van der Waals surface area contributed by atoms with Crippen molar-refractivity contribution in [1.82, 2.24) is 0 Å². The Labute approximate surface area is 136 Å². The summed E-state index contributed by atoms with van der Waals surface area (Å²) in [6, 6.07) is 7.14. The Morgan fingerprint density at radius 3 is 2.60 bits per heavy atom. The van der Waals surface area contributed by atoms with Gasteiger partial charge in [0.05, 0.1) is 8.66 Å². The van der Waals surface area contributed by atoms with Gasteiger partial charge in [0.1, 0.15) is 13.2 Å². The molecule has 0 saturated heterocycles. The molecule has 0 radical (unpaired) electrons. The molecule has 104 valence electrons. The van der Waals surface area contributed by atoms with Crippen LogP contribution < -0.4 is 14.8 Å². The van der Waals surface area contributed by atoms with Crippen molar-refractivity contribution >= 4 is 54.8 Å². The number of fused-ring (bicyclic) bond motifs is 1. The molecule has 0 bridgehead atoms. The highest BCUT2D eigenvalue weighted by Crippen LogP contribution is 2.34. The molecule has 0 saturated carbocycles. The number of benzene rings is 1. The monoisotopic (exact) mass is 417 g/mol. The Morgan fingerprint density at radius 1 is 1.15 bits per heavy atom. The minimum Gasteiger partial charge on any atom is -0.486 e. The smallest absolute Gasteiger partial charge is 0.265 e. The van der Waals surface area contributed by atoms with E-state index in [9.17, 15) is 4.79 Å². The van der Waals surface area contributed by atoms with Crippen LogP contribution in [0.4, 0.5) is 5.69 Å². The first kappa shape index (κ1) is 13.9. The molecule has 0 unspecified atom stereocenters. The summed E-state index contributed by atoms with van der Waals surface area (Å²) in [5, 5.41) is 2.84. The minimum absolute atomic E-state index is 0.155. The molecule has 4 nitrogen and oxygen atoms in total. The summed E-state index contributed by atoms with van der Waals surface area (Å²) in [6.45, 7) is 1.07. The first-order valence-corrected chi connectivity index (χ1v) is 8.19. The molecule has 0 spiro atoms. The largest absolute Gasteiger partial charge is 0.486 e. The molecule has 0 aliphatic carbocycles. The van der Waals surface area contributed by atoms with Gasteiger partial charge in [0.2, 0.25) is 0 Å². The van der Waals surface area contributed by atoms with Crippen LogP contribution in [0.3, 0.4) is 0 Å². The lowest BCUT2D eigenvalue weighted by molar-refractivity contribution is 0.103. The van der Waals surface area contributed by atoms with Crippen molar-refractivity contribution in [1.29, 1.82) is 0 Å². The molecule has 7 heteroatoms. The number of carbonyl (C=O) groups is 1. The SMILES string of the molecule is O=C(Nc1ccc2c(c1)OCCO2)c1cc(Br)c(Br)s1. The fourth-order valence-electron chi connectivity index (χ4n) is 1.77. The highest BCUT2D eigenvalue weighted by atomic mass is 79.9. The van der Waals surface area contributed by atoms with Crippen molar-refractivity contribution in [3.63, 3.8) is 0 Å². The highest BCUT2D eigenvalue weighted by Gasteiger charge is 2.15. The van der Waals surface area contributed by atoms with Gasteiger partial charge in [-0.15, -0.1) is 11.3 Å². The third-order valence-electron chi connectivity index (χ3n) is 2.67. The van der Waals surface area contributed by atoms with E-state index in [-0.39, 0.29) is 5.91 Å². The highest BCUT2D eigenvalue weighted by molar-refractivity contribution is 9.13. The average Bonchev–Trinajstić information content (AvgIpc) is 2.79. The molecule has 20 heavy (non-hydrogen) atoms. The molecule has 1 aliphatic rings. The predicted molar refractivity (Wildman–Crippen MR) is 85.1 cm³/mol. The maximum Gasteiger partial charge on any atom is 0.265 e. The van der Waals surface area contributed by atoms with Crippen molar-refractivity contribution in [2.24, 2.45) is 0 Å². The summed E-state index contributed by atoms with van der Waals surface area (Å²) in [5.74, 6) is 1.21. The van der Waals surface area contributed by atoms with Gasteiger partial charge in [-0.05, 0) is 50.1 Å². The molecule has 3 rings (SSSR count). The van der Waals surface area contributed by atoms with Crippen molar-refractivity contribution in [2.75, 3.05) is 18.5 Å². The van der Waals surface area contributed by atoms with E-state index in [0.717, 1.165) is 8.26 Å². The minimum atomic E-state index is -0.155. The number of carbonyl (C=O) groups excluding carboxylic acids is 1. The van der Waals surface area contributed by atoms with Crippen LogP contribution in [0.25, 0.3) is 0 Å². The second kappa shape index (κ2) is 5.75. The Kier molecular flexibility index (Phi) is 4.00. The Hall–Kier alpha value is -1.05. The fourth-order valence-corrected chi connectivity index (χ4v) is 3.70. The van der Waals surface area contributed by atoms with Gasteiger partial charge in [-0.3, -0.25) is 4.79 Å². The van der Waals surface area contributed by atoms with Gasteiger partial charge in [0.15, 0.2) is 11.5 Å². The zero-order valence-electron chi connectivity index (χ0n) is 10.1. The quantitative estimate of drug-likeness (QED) is 0.790. The summed E-state index contributed by atoms with van der Waals surface area (Å²) >= 11 is 8.11. The predicted octanol–water partition coefficient (Wildman–Crippen LogP) is 4.30. The second-order valence-electron chi connectivity index (χ2n) is 4.04. The number of nitrogens with one attached hydrogen (secondary N) is 1. The van der Waals surface area contributed by atoms with Crippen molar-refractivity contribution < 1.29 is 14.3 Å². The summed E-state index contributed by atoms with van der Waals surface area (Å²) in [5.41, 5.74) is 0.680. The number of hydrogen-bond donors (Lipinski definition) is 1. The number of ether oxygens (including phenoxy) is 2. The first-order valence-electron chi connectivity index (χ1n) is 5.79. The zero-order valence-corrected chi connectivity index (χ0v) is 14.1. The second-order valence-corrected chi connectivity index (χ2v) is 7.27. The van der Waals surface area contributed by atoms with Gasteiger partial charge in [-0.1, -0.05) is 0 Å². The van der Waals surface area contributed by atoms with Crippen LogP contribution >= 0.6 is 43.2 Å². The maximum atomic E-state index is 12.1. The molecular weight excluding hydrogens is 410 g/mol.